The number of methoxy groups -OCH3 is 1. The normalized spacial score (nSPS) is 18.0. The van der Waals surface area contributed by atoms with Crippen molar-refractivity contribution in [2.24, 2.45) is 0 Å². The first kappa shape index (κ1) is 14.3. The first-order chi connectivity index (χ1) is 10.1. The van der Waals surface area contributed by atoms with E-state index in [9.17, 15) is 8.78 Å². The summed E-state index contributed by atoms with van der Waals surface area (Å²) in [4.78, 5) is -0.573. The summed E-state index contributed by atoms with van der Waals surface area (Å²) in [5.74, 6) is -0.369. The Hall–Kier alpha value is -1.62. The summed E-state index contributed by atoms with van der Waals surface area (Å²) in [6, 6.07) is 9.95. The Morgan fingerprint density at radius 2 is 1.90 bits per heavy atom. The largest absolute Gasteiger partial charge is 0.497 e. The van der Waals surface area contributed by atoms with Gasteiger partial charge in [0.1, 0.15) is 29.2 Å². The number of para-hydroxylation sites is 1. The number of fused-ring (bicyclic) bond motifs is 1. The molecule has 1 aliphatic rings. The van der Waals surface area contributed by atoms with Crippen LogP contribution in [0.25, 0.3) is 0 Å². The maximum Gasteiger partial charge on any atom is 0.134 e. The van der Waals surface area contributed by atoms with Gasteiger partial charge in [-0.15, -0.1) is 0 Å². The molecule has 1 aliphatic heterocycles. The molecule has 21 heavy (non-hydrogen) atoms. The van der Waals surface area contributed by atoms with Gasteiger partial charge in [0.15, 0.2) is 0 Å². The summed E-state index contributed by atoms with van der Waals surface area (Å²) in [5, 5.41) is 0. The van der Waals surface area contributed by atoms with Crippen LogP contribution in [0, 0.1) is 11.6 Å². The number of halogens is 3. The van der Waals surface area contributed by atoms with Crippen molar-refractivity contribution in [1.82, 2.24) is 0 Å². The molecule has 2 nitrogen and oxygen atoms in total. The predicted octanol–water partition coefficient (Wildman–Crippen LogP) is 4.41. The third-order valence-electron chi connectivity index (χ3n) is 3.56. The van der Waals surface area contributed by atoms with Crippen LogP contribution in [0.4, 0.5) is 8.78 Å². The maximum absolute atomic E-state index is 14.1. The molecule has 0 spiro atoms. The van der Waals surface area contributed by atoms with Gasteiger partial charge >= 0.3 is 0 Å². The molecule has 2 atom stereocenters. The average Bonchev–Trinajstić information content (AvgIpc) is 2.90. The fraction of sp³-hybridized carbons (Fsp3) is 0.250. The highest BCUT2D eigenvalue weighted by molar-refractivity contribution is 9.09. The zero-order chi connectivity index (χ0) is 15.0. The zero-order valence-electron chi connectivity index (χ0n) is 11.3. The Kier molecular flexibility index (Phi) is 3.85. The van der Waals surface area contributed by atoms with E-state index in [1.165, 1.54) is 19.2 Å². The highest BCUT2D eigenvalue weighted by Gasteiger charge is 2.33. The second kappa shape index (κ2) is 5.64. The number of rotatable bonds is 3. The van der Waals surface area contributed by atoms with Crippen LogP contribution in [0.2, 0.25) is 0 Å². The minimum atomic E-state index is -0.645. The molecule has 5 heteroatoms. The molecule has 1 heterocycles. The summed E-state index contributed by atoms with van der Waals surface area (Å²) < 4.78 is 38.9. The van der Waals surface area contributed by atoms with Crippen molar-refractivity contribution in [1.29, 1.82) is 0 Å². The molecule has 2 aromatic rings. The second-order valence-corrected chi connectivity index (χ2v) is 5.86. The molecule has 2 unspecified atom stereocenters. The van der Waals surface area contributed by atoms with Crippen molar-refractivity contribution in [3.8, 4) is 11.5 Å². The summed E-state index contributed by atoms with van der Waals surface area (Å²) in [5.41, 5.74) is 1.01. The van der Waals surface area contributed by atoms with Crippen LogP contribution >= 0.6 is 15.9 Å². The SMILES string of the molecule is COc1cc(F)c(C(Br)C2Cc3ccccc3O2)c(F)c1. The molecular formula is C16H13BrF2O2. The van der Waals surface area contributed by atoms with Crippen LogP contribution in [0.5, 0.6) is 11.5 Å². The Morgan fingerprint density at radius 1 is 1.24 bits per heavy atom. The maximum atomic E-state index is 14.1. The van der Waals surface area contributed by atoms with Crippen LogP contribution in [-0.4, -0.2) is 13.2 Å². The first-order valence-corrected chi connectivity index (χ1v) is 7.43. The summed E-state index contributed by atoms with van der Waals surface area (Å²) >= 11 is 3.37. The van der Waals surface area contributed by atoms with E-state index in [2.05, 4.69) is 15.9 Å². The Bertz CT molecular complexity index is 627. The highest BCUT2D eigenvalue weighted by atomic mass is 79.9. The molecule has 0 N–H and O–H groups in total. The van der Waals surface area contributed by atoms with Crippen LogP contribution in [0.1, 0.15) is 16.0 Å². The zero-order valence-corrected chi connectivity index (χ0v) is 12.9. The van der Waals surface area contributed by atoms with Crippen LogP contribution in [-0.2, 0) is 6.42 Å². The summed E-state index contributed by atoms with van der Waals surface area (Å²) in [7, 11) is 1.37. The molecule has 110 valence electrons. The van der Waals surface area contributed by atoms with Gasteiger partial charge in [-0.3, -0.25) is 0 Å². The number of benzene rings is 2. The fourth-order valence-electron chi connectivity index (χ4n) is 2.50. The average molecular weight is 355 g/mol. The number of alkyl halides is 1. The van der Waals surface area contributed by atoms with Gasteiger partial charge in [-0.25, -0.2) is 8.78 Å². The number of hydrogen-bond donors (Lipinski definition) is 0. The van der Waals surface area contributed by atoms with Crippen LogP contribution in [0.3, 0.4) is 0 Å². The Labute approximate surface area is 129 Å². The molecule has 0 saturated heterocycles. The van der Waals surface area contributed by atoms with E-state index in [1.54, 1.807) is 0 Å². The lowest BCUT2D eigenvalue weighted by molar-refractivity contribution is 0.228. The molecule has 0 bridgehead atoms. The molecule has 2 aromatic carbocycles. The smallest absolute Gasteiger partial charge is 0.134 e. The number of hydrogen-bond acceptors (Lipinski definition) is 2. The molecule has 0 aliphatic carbocycles. The van der Waals surface area contributed by atoms with E-state index in [0.717, 1.165) is 11.3 Å². The van der Waals surface area contributed by atoms with E-state index in [4.69, 9.17) is 9.47 Å². The topological polar surface area (TPSA) is 18.5 Å². The number of ether oxygens (including phenoxy) is 2. The van der Waals surface area contributed by atoms with Crippen molar-refractivity contribution in [2.75, 3.05) is 7.11 Å². The van der Waals surface area contributed by atoms with E-state index in [1.807, 2.05) is 24.3 Å². The monoisotopic (exact) mass is 354 g/mol. The van der Waals surface area contributed by atoms with Crippen LogP contribution < -0.4 is 9.47 Å². The highest BCUT2D eigenvalue weighted by Crippen LogP contribution is 2.40. The molecule has 0 aromatic heterocycles. The van der Waals surface area contributed by atoms with Gasteiger partial charge in [0.05, 0.1) is 11.9 Å². The van der Waals surface area contributed by atoms with Gasteiger partial charge in [-0.05, 0) is 11.6 Å². The van der Waals surface area contributed by atoms with Crippen molar-refractivity contribution < 1.29 is 18.3 Å². The first-order valence-electron chi connectivity index (χ1n) is 6.51. The predicted molar refractivity (Wildman–Crippen MR) is 79.1 cm³/mol. The van der Waals surface area contributed by atoms with E-state index in [-0.39, 0.29) is 17.4 Å². The van der Waals surface area contributed by atoms with Crippen molar-refractivity contribution in [3.05, 3.63) is 59.2 Å². The van der Waals surface area contributed by atoms with Crippen molar-refractivity contribution in [3.63, 3.8) is 0 Å². The van der Waals surface area contributed by atoms with Crippen LogP contribution in [0.15, 0.2) is 36.4 Å². The Morgan fingerprint density at radius 3 is 2.52 bits per heavy atom. The molecular weight excluding hydrogens is 342 g/mol. The minimum absolute atomic E-state index is 0.0337. The van der Waals surface area contributed by atoms with E-state index >= 15 is 0 Å². The lowest BCUT2D eigenvalue weighted by Crippen LogP contribution is -2.21. The second-order valence-electron chi connectivity index (χ2n) is 4.87. The van der Waals surface area contributed by atoms with Crippen molar-refractivity contribution in [2.45, 2.75) is 17.4 Å². The van der Waals surface area contributed by atoms with Gasteiger partial charge in [0.2, 0.25) is 0 Å². The summed E-state index contributed by atoms with van der Waals surface area (Å²) in [6.07, 6.45) is 0.261. The lowest BCUT2D eigenvalue weighted by atomic mass is 10.0. The molecule has 0 amide bonds. The van der Waals surface area contributed by atoms with E-state index in [0.29, 0.717) is 6.42 Å². The lowest BCUT2D eigenvalue weighted by Gasteiger charge is -2.19. The fourth-order valence-corrected chi connectivity index (χ4v) is 3.23. The van der Waals surface area contributed by atoms with E-state index < -0.39 is 16.5 Å². The van der Waals surface area contributed by atoms with Crippen molar-refractivity contribution >= 4 is 15.9 Å². The Balaban J connectivity index is 1.89. The van der Waals surface area contributed by atoms with Gasteiger partial charge in [0.25, 0.3) is 0 Å². The van der Waals surface area contributed by atoms with Gasteiger partial charge in [-0.1, -0.05) is 34.1 Å². The van der Waals surface area contributed by atoms with Gasteiger partial charge in [0, 0.05) is 24.1 Å². The molecule has 0 fully saturated rings. The standard InChI is InChI=1S/C16H13BrF2O2/c1-20-10-7-11(18)15(12(19)8-10)16(17)14-6-9-4-2-3-5-13(9)21-14/h2-5,7-8,14,16H,6H2,1H3. The minimum Gasteiger partial charge on any atom is -0.497 e. The molecule has 0 saturated carbocycles. The third-order valence-corrected chi connectivity index (χ3v) is 4.61. The third kappa shape index (κ3) is 2.62. The molecule has 0 radical (unpaired) electrons. The molecule has 3 rings (SSSR count). The van der Waals surface area contributed by atoms with Gasteiger partial charge < -0.3 is 9.47 Å². The van der Waals surface area contributed by atoms with Gasteiger partial charge in [-0.2, -0.15) is 0 Å². The summed E-state index contributed by atoms with van der Waals surface area (Å²) in [6.45, 7) is 0. The quantitative estimate of drug-likeness (QED) is 0.760.